The normalized spacial score (nSPS) is 13.5. The van der Waals surface area contributed by atoms with Gasteiger partial charge in [-0.3, -0.25) is 4.79 Å². The van der Waals surface area contributed by atoms with E-state index in [0.29, 0.717) is 13.0 Å². The molecule has 0 radical (unpaired) electrons. The van der Waals surface area contributed by atoms with Crippen LogP contribution in [0.5, 0.6) is 0 Å². The molecular weight excluding hydrogens is 330 g/mol. The lowest BCUT2D eigenvalue weighted by atomic mass is 10.00. The van der Waals surface area contributed by atoms with Crippen LogP contribution < -0.4 is 5.73 Å². The van der Waals surface area contributed by atoms with Crippen LogP contribution in [0.1, 0.15) is 16.8 Å². The van der Waals surface area contributed by atoms with E-state index >= 15 is 0 Å². The van der Waals surface area contributed by atoms with Gasteiger partial charge in [0.25, 0.3) is 0 Å². The molecule has 2 heterocycles. The monoisotopic (exact) mass is 349 g/mol. The Hall–Kier alpha value is -2.66. The lowest BCUT2D eigenvalue weighted by Gasteiger charge is -2.28. The first-order valence-electron chi connectivity index (χ1n) is 8.34. The molecular formula is C20H19N3OS. The Kier molecular flexibility index (Phi) is 4.24. The Labute approximate surface area is 150 Å². The van der Waals surface area contributed by atoms with Crippen molar-refractivity contribution >= 4 is 22.9 Å². The van der Waals surface area contributed by atoms with E-state index < -0.39 is 0 Å². The number of nitrogens with zero attached hydrogens (tertiary/aromatic N) is 2. The van der Waals surface area contributed by atoms with Crippen LogP contribution in [-0.2, 0) is 24.2 Å². The topological polar surface area (TPSA) is 59.2 Å². The third kappa shape index (κ3) is 3.42. The zero-order valence-electron chi connectivity index (χ0n) is 13.8. The van der Waals surface area contributed by atoms with E-state index in [0.717, 1.165) is 34.9 Å². The van der Waals surface area contributed by atoms with Crippen molar-refractivity contribution in [3.8, 4) is 10.6 Å². The highest BCUT2D eigenvalue weighted by atomic mass is 32.1. The van der Waals surface area contributed by atoms with Gasteiger partial charge in [0.2, 0.25) is 5.91 Å². The van der Waals surface area contributed by atoms with Crippen molar-refractivity contribution in [1.29, 1.82) is 0 Å². The van der Waals surface area contributed by atoms with Crippen molar-refractivity contribution in [3.63, 3.8) is 0 Å². The van der Waals surface area contributed by atoms with E-state index in [1.165, 1.54) is 11.1 Å². The number of amides is 1. The summed E-state index contributed by atoms with van der Waals surface area (Å²) >= 11 is 1.55. The highest BCUT2D eigenvalue weighted by Crippen LogP contribution is 2.26. The summed E-state index contributed by atoms with van der Waals surface area (Å²) in [7, 11) is 0. The summed E-state index contributed by atoms with van der Waals surface area (Å²) in [5.74, 6) is 0.138. The van der Waals surface area contributed by atoms with Gasteiger partial charge in [-0.15, -0.1) is 11.3 Å². The Bertz CT molecular complexity index is 919. The molecule has 1 amide bonds. The summed E-state index contributed by atoms with van der Waals surface area (Å²) in [5.41, 5.74) is 11.0. The maximum absolute atomic E-state index is 12.6. The fraction of sp³-hybridized carbons (Fsp3) is 0.200. The first-order valence-corrected chi connectivity index (χ1v) is 9.22. The maximum atomic E-state index is 12.6. The van der Waals surface area contributed by atoms with Gasteiger partial charge < -0.3 is 10.6 Å². The fourth-order valence-corrected chi connectivity index (χ4v) is 3.98. The SMILES string of the molecule is Nc1cccc(-c2nc(CC(=O)N3CCc4ccccc4C3)cs2)c1. The van der Waals surface area contributed by atoms with Gasteiger partial charge in [-0.05, 0) is 29.7 Å². The number of anilines is 1. The Morgan fingerprint density at radius 2 is 2.00 bits per heavy atom. The van der Waals surface area contributed by atoms with Gasteiger partial charge >= 0.3 is 0 Å². The van der Waals surface area contributed by atoms with Crippen molar-refractivity contribution in [2.45, 2.75) is 19.4 Å². The van der Waals surface area contributed by atoms with Crippen molar-refractivity contribution in [2.24, 2.45) is 0 Å². The lowest BCUT2D eigenvalue weighted by molar-refractivity contribution is -0.131. The van der Waals surface area contributed by atoms with Gasteiger partial charge in [-0.1, -0.05) is 36.4 Å². The quantitative estimate of drug-likeness (QED) is 0.736. The zero-order valence-corrected chi connectivity index (χ0v) is 14.6. The fourth-order valence-electron chi connectivity index (χ4n) is 3.17. The van der Waals surface area contributed by atoms with Crippen molar-refractivity contribution < 1.29 is 4.79 Å². The second-order valence-corrected chi connectivity index (χ2v) is 7.14. The molecule has 2 N–H and O–H groups in total. The molecule has 0 saturated heterocycles. The smallest absolute Gasteiger partial charge is 0.228 e. The summed E-state index contributed by atoms with van der Waals surface area (Å²) in [6.45, 7) is 1.48. The summed E-state index contributed by atoms with van der Waals surface area (Å²) in [5, 5.41) is 2.87. The molecule has 1 aromatic heterocycles. The highest BCUT2D eigenvalue weighted by Gasteiger charge is 2.21. The number of carbonyl (C=O) groups is 1. The van der Waals surface area contributed by atoms with Crippen molar-refractivity contribution in [2.75, 3.05) is 12.3 Å². The van der Waals surface area contributed by atoms with E-state index in [1.54, 1.807) is 11.3 Å². The number of nitrogens with two attached hydrogens (primary N) is 1. The molecule has 0 bridgehead atoms. The molecule has 1 aliphatic heterocycles. The summed E-state index contributed by atoms with van der Waals surface area (Å²) in [4.78, 5) is 19.2. The summed E-state index contributed by atoms with van der Waals surface area (Å²) < 4.78 is 0. The number of rotatable bonds is 3. The molecule has 126 valence electrons. The first kappa shape index (κ1) is 15.8. The number of hydrogen-bond acceptors (Lipinski definition) is 4. The van der Waals surface area contributed by atoms with E-state index in [9.17, 15) is 4.79 Å². The van der Waals surface area contributed by atoms with Gasteiger partial charge in [0.1, 0.15) is 5.01 Å². The maximum Gasteiger partial charge on any atom is 0.228 e. The average Bonchev–Trinajstić information content (AvgIpc) is 3.10. The molecule has 2 aromatic carbocycles. The van der Waals surface area contributed by atoms with Gasteiger partial charge in [0.05, 0.1) is 12.1 Å². The highest BCUT2D eigenvalue weighted by molar-refractivity contribution is 7.13. The van der Waals surface area contributed by atoms with Crippen molar-refractivity contribution in [3.05, 3.63) is 70.7 Å². The molecule has 0 fully saturated rings. The molecule has 0 atom stereocenters. The molecule has 0 spiro atoms. The number of thiazole rings is 1. The predicted molar refractivity (Wildman–Crippen MR) is 101 cm³/mol. The molecule has 4 nitrogen and oxygen atoms in total. The molecule has 5 heteroatoms. The largest absolute Gasteiger partial charge is 0.399 e. The van der Waals surface area contributed by atoms with Gasteiger partial charge in [-0.25, -0.2) is 4.98 Å². The second-order valence-electron chi connectivity index (χ2n) is 6.28. The predicted octanol–water partition coefficient (Wildman–Crippen LogP) is 3.52. The minimum absolute atomic E-state index is 0.138. The molecule has 4 rings (SSSR count). The minimum atomic E-state index is 0.138. The lowest BCUT2D eigenvalue weighted by Crippen LogP contribution is -2.36. The van der Waals surface area contributed by atoms with Gasteiger partial charge in [-0.2, -0.15) is 0 Å². The van der Waals surface area contributed by atoms with E-state index in [2.05, 4.69) is 23.2 Å². The number of carbonyl (C=O) groups excluding carboxylic acids is 1. The van der Waals surface area contributed by atoms with E-state index in [1.807, 2.05) is 40.6 Å². The standard InChI is InChI=1S/C20H19N3OS/c21-17-7-3-6-15(10-17)20-22-18(13-25-20)11-19(24)23-9-8-14-4-1-2-5-16(14)12-23/h1-7,10,13H,8-9,11-12,21H2. The molecule has 3 aromatic rings. The van der Waals surface area contributed by atoms with E-state index in [4.69, 9.17) is 5.73 Å². The molecule has 25 heavy (non-hydrogen) atoms. The minimum Gasteiger partial charge on any atom is -0.399 e. The molecule has 0 saturated carbocycles. The van der Waals surface area contributed by atoms with Crippen LogP contribution in [0.25, 0.3) is 10.6 Å². The number of fused-ring (bicyclic) bond motifs is 1. The van der Waals surface area contributed by atoms with Crippen LogP contribution in [0.4, 0.5) is 5.69 Å². The number of benzene rings is 2. The third-order valence-corrected chi connectivity index (χ3v) is 5.44. The average molecular weight is 349 g/mol. The Balaban J connectivity index is 1.45. The van der Waals surface area contributed by atoms with Crippen LogP contribution in [0.15, 0.2) is 53.9 Å². The Morgan fingerprint density at radius 1 is 1.16 bits per heavy atom. The van der Waals surface area contributed by atoms with Crippen LogP contribution in [0.3, 0.4) is 0 Å². The van der Waals surface area contributed by atoms with Crippen LogP contribution in [-0.4, -0.2) is 22.3 Å². The first-order chi connectivity index (χ1) is 12.2. The summed E-state index contributed by atoms with van der Waals surface area (Å²) in [6, 6.07) is 16.0. The number of nitrogen functional groups attached to an aromatic ring is 1. The second kappa shape index (κ2) is 6.69. The molecule has 1 aliphatic rings. The van der Waals surface area contributed by atoms with Crippen LogP contribution >= 0.6 is 11.3 Å². The third-order valence-electron chi connectivity index (χ3n) is 4.50. The number of hydrogen-bond donors (Lipinski definition) is 1. The molecule has 0 aliphatic carbocycles. The summed E-state index contributed by atoms with van der Waals surface area (Å²) in [6.07, 6.45) is 1.27. The van der Waals surface area contributed by atoms with Gasteiger partial charge in [0, 0.05) is 29.7 Å². The zero-order chi connectivity index (χ0) is 17.2. The van der Waals surface area contributed by atoms with Crippen molar-refractivity contribution in [1.82, 2.24) is 9.88 Å². The number of aromatic nitrogens is 1. The Morgan fingerprint density at radius 3 is 2.84 bits per heavy atom. The molecule has 0 unspecified atom stereocenters. The van der Waals surface area contributed by atoms with Gasteiger partial charge in [0.15, 0.2) is 0 Å². The van der Waals surface area contributed by atoms with Crippen LogP contribution in [0.2, 0.25) is 0 Å². The van der Waals surface area contributed by atoms with Crippen LogP contribution in [0, 0.1) is 0 Å². The van der Waals surface area contributed by atoms with E-state index in [-0.39, 0.29) is 5.91 Å².